The van der Waals surface area contributed by atoms with E-state index in [1.165, 1.54) is 11.2 Å². The molecule has 0 radical (unpaired) electrons. The van der Waals surface area contributed by atoms with E-state index < -0.39 is 10.8 Å². The molecule has 0 aliphatic heterocycles. The molecular weight excluding hydrogens is 300 g/mol. The Morgan fingerprint density at radius 3 is 2.91 bits per heavy atom. The van der Waals surface area contributed by atoms with Gasteiger partial charge in [0.05, 0.1) is 36.0 Å². The van der Waals surface area contributed by atoms with Crippen LogP contribution < -0.4 is 4.90 Å². The molecule has 0 bridgehead atoms. The smallest absolute Gasteiger partial charge is 0.240 e. The molecule has 0 N–H and O–H groups in total. The number of rotatable bonds is 5. The molecule has 1 atom stereocenters. The lowest BCUT2D eigenvalue weighted by molar-refractivity contribution is -0.116. The molecule has 1 unspecified atom stereocenters. The van der Waals surface area contributed by atoms with Crippen LogP contribution in [-0.4, -0.2) is 43.4 Å². The molecule has 7 heteroatoms. The SMILES string of the molecule is C#CCN(C(=O)CS(C)=O)c1cn(-c2cccnc2)nc1C. The first-order valence-corrected chi connectivity index (χ1v) is 8.26. The van der Waals surface area contributed by atoms with Crippen molar-refractivity contribution >= 4 is 22.4 Å². The van der Waals surface area contributed by atoms with Gasteiger partial charge in [-0.2, -0.15) is 5.10 Å². The molecule has 1 amide bonds. The minimum absolute atomic E-state index is 0.0702. The lowest BCUT2D eigenvalue weighted by atomic mass is 10.3. The average Bonchev–Trinajstić information content (AvgIpc) is 2.86. The van der Waals surface area contributed by atoms with Crippen molar-refractivity contribution in [3.05, 3.63) is 36.4 Å². The summed E-state index contributed by atoms with van der Waals surface area (Å²) in [5.41, 5.74) is 2.05. The van der Waals surface area contributed by atoms with Gasteiger partial charge in [-0.1, -0.05) is 5.92 Å². The van der Waals surface area contributed by atoms with Crippen LogP contribution in [0, 0.1) is 19.3 Å². The highest BCUT2D eigenvalue weighted by Crippen LogP contribution is 2.21. The predicted molar refractivity (Wildman–Crippen MR) is 86.2 cm³/mol. The molecule has 0 fully saturated rings. The number of nitrogens with zero attached hydrogens (tertiary/aromatic N) is 4. The first-order valence-electron chi connectivity index (χ1n) is 6.53. The Balaban J connectivity index is 2.37. The van der Waals surface area contributed by atoms with Gasteiger partial charge >= 0.3 is 0 Å². The third-order valence-corrected chi connectivity index (χ3v) is 3.60. The minimum atomic E-state index is -1.23. The van der Waals surface area contributed by atoms with Gasteiger partial charge in [0.2, 0.25) is 5.91 Å². The van der Waals surface area contributed by atoms with E-state index in [1.807, 2.05) is 6.07 Å². The van der Waals surface area contributed by atoms with Crippen LogP contribution in [0.4, 0.5) is 5.69 Å². The topological polar surface area (TPSA) is 68.1 Å². The van der Waals surface area contributed by atoms with E-state index in [4.69, 9.17) is 6.42 Å². The first kappa shape index (κ1) is 15.9. The van der Waals surface area contributed by atoms with Crippen LogP contribution in [0.2, 0.25) is 0 Å². The van der Waals surface area contributed by atoms with Crippen molar-refractivity contribution in [2.75, 3.05) is 23.5 Å². The van der Waals surface area contributed by atoms with Gasteiger partial charge in [0.15, 0.2) is 0 Å². The minimum Gasteiger partial charge on any atom is -0.297 e. The molecule has 2 aromatic heterocycles. The summed E-state index contributed by atoms with van der Waals surface area (Å²) in [5.74, 6) is 2.10. The molecule has 0 aliphatic rings. The zero-order valence-electron chi connectivity index (χ0n) is 12.4. The molecule has 2 heterocycles. The van der Waals surface area contributed by atoms with E-state index in [9.17, 15) is 9.00 Å². The van der Waals surface area contributed by atoms with Crippen LogP contribution in [0.15, 0.2) is 30.7 Å². The number of carbonyl (C=O) groups excluding carboxylic acids is 1. The fourth-order valence-corrected chi connectivity index (χ4v) is 2.49. The number of terminal acetylenes is 1. The fourth-order valence-electron chi connectivity index (χ4n) is 1.99. The molecule has 6 nitrogen and oxygen atoms in total. The van der Waals surface area contributed by atoms with E-state index >= 15 is 0 Å². The Hall–Kier alpha value is -2.46. The van der Waals surface area contributed by atoms with Gasteiger partial charge in [-0.05, 0) is 19.1 Å². The number of hydrogen-bond donors (Lipinski definition) is 0. The second-order valence-corrected chi connectivity index (χ2v) is 6.09. The van der Waals surface area contributed by atoms with E-state index in [0.29, 0.717) is 11.4 Å². The summed E-state index contributed by atoms with van der Waals surface area (Å²) in [6.07, 6.45) is 11.9. The molecule has 22 heavy (non-hydrogen) atoms. The monoisotopic (exact) mass is 316 g/mol. The van der Waals surface area contributed by atoms with E-state index in [-0.39, 0.29) is 18.2 Å². The molecule has 0 saturated heterocycles. The molecule has 0 aliphatic carbocycles. The summed E-state index contributed by atoms with van der Waals surface area (Å²) in [6, 6.07) is 3.66. The third-order valence-electron chi connectivity index (χ3n) is 2.95. The number of aromatic nitrogens is 3. The second kappa shape index (κ2) is 7.00. The zero-order chi connectivity index (χ0) is 16.1. The summed E-state index contributed by atoms with van der Waals surface area (Å²) in [4.78, 5) is 17.7. The fraction of sp³-hybridized carbons (Fsp3) is 0.267. The number of anilines is 1. The summed E-state index contributed by atoms with van der Waals surface area (Å²) in [6.45, 7) is 1.90. The molecule has 2 rings (SSSR count). The molecule has 114 valence electrons. The molecule has 0 spiro atoms. The Morgan fingerprint density at radius 2 is 2.32 bits per heavy atom. The van der Waals surface area contributed by atoms with Crippen LogP contribution >= 0.6 is 0 Å². The Bertz CT molecular complexity index is 734. The van der Waals surface area contributed by atoms with Crippen molar-refractivity contribution in [2.24, 2.45) is 0 Å². The summed E-state index contributed by atoms with van der Waals surface area (Å²) in [5, 5.41) is 4.38. The van der Waals surface area contributed by atoms with Crippen LogP contribution in [0.25, 0.3) is 5.69 Å². The molecule has 2 aromatic rings. The molecule has 0 aromatic carbocycles. The van der Waals surface area contributed by atoms with Crippen molar-refractivity contribution in [1.82, 2.24) is 14.8 Å². The lowest BCUT2D eigenvalue weighted by Gasteiger charge is -2.18. The largest absolute Gasteiger partial charge is 0.297 e. The van der Waals surface area contributed by atoms with Crippen molar-refractivity contribution in [2.45, 2.75) is 6.92 Å². The number of hydrogen-bond acceptors (Lipinski definition) is 4. The zero-order valence-corrected chi connectivity index (χ0v) is 13.2. The summed E-state index contributed by atoms with van der Waals surface area (Å²) >= 11 is 0. The van der Waals surface area contributed by atoms with Gasteiger partial charge in [-0.15, -0.1) is 6.42 Å². The Kier molecular flexibility index (Phi) is 5.07. The van der Waals surface area contributed by atoms with Crippen molar-refractivity contribution in [3.8, 4) is 18.0 Å². The van der Waals surface area contributed by atoms with Gasteiger partial charge in [-0.25, -0.2) is 4.68 Å². The van der Waals surface area contributed by atoms with Crippen LogP contribution in [-0.2, 0) is 15.6 Å². The second-order valence-electron chi connectivity index (χ2n) is 4.66. The van der Waals surface area contributed by atoms with Crippen LogP contribution in [0.3, 0.4) is 0 Å². The summed E-state index contributed by atoms with van der Waals surface area (Å²) < 4.78 is 12.9. The maximum atomic E-state index is 12.2. The van der Waals surface area contributed by atoms with Crippen LogP contribution in [0.1, 0.15) is 5.69 Å². The van der Waals surface area contributed by atoms with Gasteiger partial charge < -0.3 is 0 Å². The maximum absolute atomic E-state index is 12.2. The Morgan fingerprint density at radius 1 is 1.55 bits per heavy atom. The summed E-state index contributed by atoms with van der Waals surface area (Å²) in [7, 11) is -1.23. The van der Waals surface area contributed by atoms with E-state index in [0.717, 1.165) is 5.69 Å². The predicted octanol–water partition coefficient (Wildman–Crippen LogP) is 0.920. The van der Waals surface area contributed by atoms with Crippen molar-refractivity contribution < 1.29 is 9.00 Å². The number of pyridine rings is 1. The van der Waals surface area contributed by atoms with Gasteiger partial charge in [-0.3, -0.25) is 18.9 Å². The van der Waals surface area contributed by atoms with Crippen LogP contribution in [0.5, 0.6) is 0 Å². The van der Waals surface area contributed by atoms with E-state index in [1.54, 1.807) is 36.3 Å². The van der Waals surface area contributed by atoms with Gasteiger partial charge in [0, 0.05) is 23.3 Å². The highest BCUT2D eigenvalue weighted by Gasteiger charge is 2.20. The van der Waals surface area contributed by atoms with Crippen molar-refractivity contribution in [1.29, 1.82) is 0 Å². The lowest BCUT2D eigenvalue weighted by Crippen LogP contribution is -2.35. The van der Waals surface area contributed by atoms with Gasteiger partial charge in [0.1, 0.15) is 5.75 Å². The maximum Gasteiger partial charge on any atom is 0.240 e. The number of carbonyl (C=O) groups is 1. The van der Waals surface area contributed by atoms with Crippen molar-refractivity contribution in [3.63, 3.8) is 0 Å². The average molecular weight is 316 g/mol. The van der Waals surface area contributed by atoms with E-state index in [2.05, 4.69) is 16.0 Å². The quantitative estimate of drug-likeness (QED) is 0.769. The molecular formula is C15H16N4O2S. The highest BCUT2D eigenvalue weighted by molar-refractivity contribution is 7.85. The first-order chi connectivity index (χ1) is 10.5. The van der Waals surface area contributed by atoms with Gasteiger partial charge in [0.25, 0.3) is 0 Å². The standard InChI is InChI=1S/C15H16N4O2S/c1-4-8-18(15(20)11-22(3)21)14-10-19(17-12(14)2)13-6-5-7-16-9-13/h1,5-7,9-10H,8,11H2,2-3H3. The Labute approximate surface area is 131 Å². The number of aryl methyl sites for hydroxylation is 1. The number of amides is 1. The normalized spacial score (nSPS) is 11.7. The highest BCUT2D eigenvalue weighted by atomic mass is 32.2. The third kappa shape index (κ3) is 3.59. The molecule has 0 saturated carbocycles.